The van der Waals surface area contributed by atoms with E-state index in [0.717, 1.165) is 6.42 Å². The van der Waals surface area contributed by atoms with Crippen molar-refractivity contribution < 1.29 is 28.2 Å². The van der Waals surface area contributed by atoms with Crippen LogP contribution >= 0.6 is 11.6 Å². The van der Waals surface area contributed by atoms with E-state index in [1.807, 2.05) is 0 Å². The van der Waals surface area contributed by atoms with Gasteiger partial charge in [-0.25, -0.2) is 18.4 Å². The molecule has 1 aromatic carbocycles. The zero-order chi connectivity index (χ0) is 25.8. The highest BCUT2D eigenvalue weighted by Gasteiger charge is 2.54. The van der Waals surface area contributed by atoms with Crippen LogP contribution in [0.3, 0.4) is 0 Å². The molecule has 1 fully saturated rings. The van der Waals surface area contributed by atoms with Crippen LogP contribution in [-0.4, -0.2) is 40.1 Å². The van der Waals surface area contributed by atoms with E-state index >= 15 is 0 Å². The first kappa shape index (κ1) is 25.5. The van der Waals surface area contributed by atoms with Crippen LogP contribution in [0.2, 0.25) is 5.02 Å². The highest BCUT2D eigenvalue weighted by atomic mass is 35.5. The second kappa shape index (κ2) is 8.80. The molecule has 4 rings (SSSR count). The molecular formula is C26H31ClF2N2O4. The molecule has 2 aliphatic carbocycles. The van der Waals surface area contributed by atoms with Crippen molar-refractivity contribution in [1.29, 1.82) is 0 Å². The molecule has 0 spiro atoms. The van der Waals surface area contributed by atoms with Crippen molar-refractivity contribution in [2.75, 3.05) is 6.61 Å². The van der Waals surface area contributed by atoms with Gasteiger partial charge in [-0.2, -0.15) is 0 Å². The van der Waals surface area contributed by atoms with E-state index in [1.54, 1.807) is 38.2 Å². The fourth-order valence-corrected chi connectivity index (χ4v) is 5.28. The average Bonchev–Trinajstić information content (AvgIpc) is 2.70. The summed E-state index contributed by atoms with van der Waals surface area (Å²) in [6, 6.07) is 4.81. The van der Waals surface area contributed by atoms with Crippen molar-refractivity contribution in [2.45, 2.75) is 70.4 Å². The van der Waals surface area contributed by atoms with Gasteiger partial charge in [-0.05, 0) is 61.4 Å². The molecule has 1 aromatic rings. The number of rotatable bonds is 8. The molecule has 1 heterocycles. The van der Waals surface area contributed by atoms with Gasteiger partial charge in [-0.3, -0.25) is 4.90 Å². The largest absolute Gasteiger partial charge is 0.492 e. The first-order valence-corrected chi connectivity index (χ1v) is 12.2. The van der Waals surface area contributed by atoms with Crippen LogP contribution in [0.15, 0.2) is 41.6 Å². The van der Waals surface area contributed by atoms with Crippen molar-refractivity contribution >= 4 is 23.6 Å². The van der Waals surface area contributed by atoms with Crippen LogP contribution in [-0.2, 0) is 10.3 Å². The first-order valence-electron chi connectivity index (χ1n) is 11.8. The Bertz CT molecular complexity index is 1110. The lowest BCUT2D eigenvalue weighted by atomic mass is 9.67. The predicted octanol–water partition coefficient (Wildman–Crippen LogP) is 6.11. The van der Waals surface area contributed by atoms with Gasteiger partial charge in [0.05, 0.1) is 22.7 Å². The van der Waals surface area contributed by atoms with Gasteiger partial charge in [-0.15, -0.1) is 0 Å². The maximum absolute atomic E-state index is 13.9. The molecule has 190 valence electrons. The second-order valence-electron chi connectivity index (χ2n) is 10.7. The molecule has 2 atom stereocenters. The summed E-state index contributed by atoms with van der Waals surface area (Å²) in [5.41, 5.74) is -0.380. The Morgan fingerprint density at radius 1 is 1.31 bits per heavy atom. The maximum Gasteiger partial charge on any atom is 0.331 e. The van der Waals surface area contributed by atoms with Gasteiger partial charge in [0, 0.05) is 31.0 Å². The molecule has 9 heteroatoms. The summed E-state index contributed by atoms with van der Waals surface area (Å²) in [5.74, 6) is -3.21. The molecule has 6 nitrogen and oxygen atoms in total. The third-order valence-electron chi connectivity index (χ3n) is 7.27. The summed E-state index contributed by atoms with van der Waals surface area (Å²) in [5, 5.41) is 12.6. The van der Waals surface area contributed by atoms with Crippen molar-refractivity contribution in [1.82, 2.24) is 10.2 Å². The number of hydrogen-bond acceptors (Lipinski definition) is 3. The Labute approximate surface area is 209 Å². The van der Waals surface area contributed by atoms with Crippen LogP contribution < -0.4 is 10.1 Å². The van der Waals surface area contributed by atoms with Crippen LogP contribution in [0.4, 0.5) is 13.6 Å². The van der Waals surface area contributed by atoms with Gasteiger partial charge in [0.25, 0.3) is 0 Å². The van der Waals surface area contributed by atoms with E-state index in [9.17, 15) is 23.5 Å². The standard InChI is InChI=1S/C26H31ClF2N2O4/c1-15(2)7-8-35-21-6-5-18(9-20(21)27)25(4)19(16-12-26(28,29)13-16)14-31(23(34)30-25)24(3)10-17(11-24)22(32)33/h5-6,9-10,14-16H,7-8,11-13H2,1-4H3,(H,30,34)(H,32,33)/t24?,25-/m0/s1. The number of carboxylic acid groups (broad SMARTS) is 1. The highest BCUT2D eigenvalue weighted by molar-refractivity contribution is 6.32. The zero-order valence-corrected chi connectivity index (χ0v) is 21.1. The minimum Gasteiger partial charge on any atom is -0.492 e. The lowest BCUT2D eigenvalue weighted by molar-refractivity contribution is -0.133. The Morgan fingerprint density at radius 2 is 1.97 bits per heavy atom. The number of urea groups is 1. The maximum atomic E-state index is 13.9. The normalized spacial score (nSPS) is 28.0. The Balaban J connectivity index is 1.67. The lowest BCUT2D eigenvalue weighted by Crippen LogP contribution is -2.62. The topological polar surface area (TPSA) is 78.9 Å². The summed E-state index contributed by atoms with van der Waals surface area (Å²) in [4.78, 5) is 25.9. The molecule has 2 N–H and O–H groups in total. The minimum atomic E-state index is -2.75. The Kier molecular flexibility index (Phi) is 6.41. The monoisotopic (exact) mass is 508 g/mol. The third-order valence-corrected chi connectivity index (χ3v) is 7.57. The molecule has 1 unspecified atom stereocenters. The number of ether oxygens (including phenoxy) is 1. The predicted molar refractivity (Wildman–Crippen MR) is 129 cm³/mol. The first-order chi connectivity index (χ1) is 16.2. The highest BCUT2D eigenvalue weighted by Crippen LogP contribution is 2.53. The molecule has 0 aromatic heterocycles. The summed E-state index contributed by atoms with van der Waals surface area (Å²) >= 11 is 6.51. The number of benzene rings is 1. The summed E-state index contributed by atoms with van der Waals surface area (Å²) in [6.07, 6.45) is 3.59. The van der Waals surface area contributed by atoms with Crippen LogP contribution in [0.1, 0.15) is 58.9 Å². The zero-order valence-electron chi connectivity index (χ0n) is 20.3. The van der Waals surface area contributed by atoms with E-state index in [1.165, 1.54) is 11.0 Å². The summed E-state index contributed by atoms with van der Waals surface area (Å²) in [6.45, 7) is 8.27. The van der Waals surface area contributed by atoms with Crippen molar-refractivity contribution in [3.05, 3.63) is 52.2 Å². The number of carbonyl (C=O) groups excluding carboxylic acids is 1. The molecule has 0 bridgehead atoms. The number of carboxylic acids is 1. The molecule has 0 saturated heterocycles. The SMILES string of the molecule is CC(C)CCOc1ccc([C@]2(C)NC(=O)N(C3(C)C=C(C(=O)O)C3)C=C2C2CC(F)(F)C2)cc1Cl. The number of hydrogen-bond donors (Lipinski definition) is 2. The second-order valence-corrected chi connectivity index (χ2v) is 11.1. The van der Waals surface area contributed by atoms with Crippen molar-refractivity contribution in [2.24, 2.45) is 11.8 Å². The number of halogens is 3. The van der Waals surface area contributed by atoms with Gasteiger partial charge < -0.3 is 15.2 Å². The number of aliphatic carboxylic acids is 1. The third kappa shape index (κ3) is 4.77. The van der Waals surface area contributed by atoms with Gasteiger partial charge in [-0.1, -0.05) is 31.5 Å². The van der Waals surface area contributed by atoms with Crippen molar-refractivity contribution in [3.8, 4) is 5.75 Å². The summed E-state index contributed by atoms with van der Waals surface area (Å²) in [7, 11) is 0. The van der Waals surface area contributed by atoms with Crippen molar-refractivity contribution in [3.63, 3.8) is 0 Å². The number of nitrogens with zero attached hydrogens (tertiary/aromatic N) is 1. The van der Waals surface area contributed by atoms with Crippen LogP contribution in [0.5, 0.6) is 5.75 Å². The van der Waals surface area contributed by atoms with Gasteiger partial charge in [0.15, 0.2) is 0 Å². The van der Waals surface area contributed by atoms with Gasteiger partial charge in [0.2, 0.25) is 5.92 Å². The van der Waals surface area contributed by atoms with E-state index in [-0.39, 0.29) is 24.8 Å². The van der Waals surface area contributed by atoms with E-state index < -0.39 is 34.9 Å². The van der Waals surface area contributed by atoms with Crippen LogP contribution in [0.25, 0.3) is 0 Å². The van der Waals surface area contributed by atoms with Gasteiger partial charge in [0.1, 0.15) is 5.75 Å². The molecular weight excluding hydrogens is 478 g/mol. The lowest BCUT2D eigenvalue weighted by Gasteiger charge is -2.52. The van der Waals surface area contributed by atoms with Crippen LogP contribution in [0, 0.1) is 11.8 Å². The Hall–Kier alpha value is -2.61. The number of amides is 2. The minimum absolute atomic E-state index is 0.172. The molecule has 1 saturated carbocycles. The average molecular weight is 509 g/mol. The van der Waals surface area contributed by atoms with E-state index in [0.29, 0.717) is 34.4 Å². The fraction of sp³-hybridized carbons (Fsp3) is 0.538. The smallest absolute Gasteiger partial charge is 0.331 e. The number of carbonyl (C=O) groups is 2. The number of alkyl halides is 2. The quantitative estimate of drug-likeness (QED) is 0.444. The molecule has 0 radical (unpaired) electrons. The molecule has 35 heavy (non-hydrogen) atoms. The summed E-state index contributed by atoms with van der Waals surface area (Å²) < 4.78 is 33.5. The molecule has 2 amide bonds. The molecule has 3 aliphatic rings. The molecule has 1 aliphatic heterocycles. The fourth-order valence-electron chi connectivity index (χ4n) is 5.04. The van der Waals surface area contributed by atoms with Gasteiger partial charge >= 0.3 is 12.0 Å². The Morgan fingerprint density at radius 3 is 2.51 bits per heavy atom. The van der Waals surface area contributed by atoms with E-state index in [2.05, 4.69) is 19.2 Å². The van der Waals surface area contributed by atoms with E-state index in [4.69, 9.17) is 16.3 Å². The number of nitrogens with one attached hydrogen (secondary N) is 1.